The summed E-state index contributed by atoms with van der Waals surface area (Å²) in [6.45, 7) is 5.73. The van der Waals surface area contributed by atoms with Gasteiger partial charge in [-0.1, -0.05) is 26.7 Å². The summed E-state index contributed by atoms with van der Waals surface area (Å²) >= 11 is 1.64. The van der Waals surface area contributed by atoms with E-state index in [1.807, 2.05) is 11.7 Å². The lowest BCUT2D eigenvalue weighted by molar-refractivity contribution is 0.101. The second-order valence-corrected chi connectivity index (χ2v) is 4.71. The van der Waals surface area contributed by atoms with E-state index in [1.165, 1.54) is 4.88 Å². The van der Waals surface area contributed by atoms with Crippen LogP contribution in [-0.2, 0) is 6.54 Å². The molecule has 0 saturated carbocycles. The van der Waals surface area contributed by atoms with Crippen LogP contribution in [0.25, 0.3) is 0 Å². The Balaban J connectivity index is 2.19. The number of rotatable bonds is 7. The third-order valence-electron chi connectivity index (χ3n) is 2.73. The first-order valence-electron chi connectivity index (χ1n) is 5.54. The molecule has 4 heteroatoms. The van der Waals surface area contributed by atoms with Crippen LogP contribution < -0.4 is 5.32 Å². The van der Waals surface area contributed by atoms with Crippen molar-refractivity contribution in [1.29, 1.82) is 0 Å². The summed E-state index contributed by atoms with van der Waals surface area (Å²) in [5, 5.41) is 13.1. The largest absolute Gasteiger partial charge is 0.392 e. The van der Waals surface area contributed by atoms with E-state index in [-0.39, 0.29) is 6.10 Å². The number of nitrogens with one attached hydrogen (secondary N) is 1. The molecule has 0 aromatic carbocycles. The monoisotopic (exact) mass is 228 g/mol. The second kappa shape index (κ2) is 6.93. The maximum Gasteiger partial charge on any atom is 0.0794 e. The maximum absolute atomic E-state index is 9.86. The standard InChI is InChI=1S/C11H20N2OS/c1-3-9(4-2)11(14)7-12-5-10-6-13-8-15-10/h6,8-9,11-12,14H,3-5,7H2,1-2H3. The smallest absolute Gasteiger partial charge is 0.0794 e. The van der Waals surface area contributed by atoms with E-state index in [0.717, 1.165) is 19.4 Å². The van der Waals surface area contributed by atoms with E-state index < -0.39 is 0 Å². The average molecular weight is 228 g/mol. The molecule has 0 amide bonds. The first kappa shape index (κ1) is 12.6. The van der Waals surface area contributed by atoms with E-state index >= 15 is 0 Å². The summed E-state index contributed by atoms with van der Waals surface area (Å²) in [7, 11) is 0. The third-order valence-corrected chi connectivity index (χ3v) is 3.51. The van der Waals surface area contributed by atoms with Crippen LogP contribution in [0.5, 0.6) is 0 Å². The van der Waals surface area contributed by atoms with Gasteiger partial charge in [-0.25, -0.2) is 0 Å². The quantitative estimate of drug-likeness (QED) is 0.750. The zero-order valence-corrected chi connectivity index (χ0v) is 10.3. The lowest BCUT2D eigenvalue weighted by atomic mass is 9.97. The van der Waals surface area contributed by atoms with Crippen LogP contribution in [0.15, 0.2) is 11.7 Å². The summed E-state index contributed by atoms with van der Waals surface area (Å²) in [5.74, 6) is 0.416. The molecule has 15 heavy (non-hydrogen) atoms. The molecule has 1 heterocycles. The minimum Gasteiger partial charge on any atom is -0.392 e. The van der Waals surface area contributed by atoms with Crippen LogP contribution in [0, 0.1) is 5.92 Å². The molecule has 0 saturated heterocycles. The molecule has 1 unspecified atom stereocenters. The molecule has 0 spiro atoms. The molecule has 1 aromatic heterocycles. The molecule has 0 radical (unpaired) electrons. The number of thiazole rings is 1. The molecular formula is C11H20N2OS. The highest BCUT2D eigenvalue weighted by molar-refractivity contribution is 7.09. The first-order valence-corrected chi connectivity index (χ1v) is 6.42. The summed E-state index contributed by atoms with van der Waals surface area (Å²) in [4.78, 5) is 5.22. The van der Waals surface area contributed by atoms with Crippen LogP contribution in [0.3, 0.4) is 0 Å². The van der Waals surface area contributed by atoms with Crippen molar-refractivity contribution >= 4 is 11.3 Å². The Morgan fingerprint density at radius 1 is 1.47 bits per heavy atom. The Labute approximate surface area is 95.6 Å². The normalized spacial score (nSPS) is 13.3. The van der Waals surface area contributed by atoms with Crippen LogP contribution in [0.4, 0.5) is 0 Å². The van der Waals surface area contributed by atoms with Crippen molar-refractivity contribution < 1.29 is 5.11 Å². The van der Waals surface area contributed by atoms with Crippen LogP contribution in [-0.4, -0.2) is 22.7 Å². The minimum absolute atomic E-state index is 0.229. The van der Waals surface area contributed by atoms with Gasteiger partial charge in [0.1, 0.15) is 0 Å². The van der Waals surface area contributed by atoms with Gasteiger partial charge in [-0.15, -0.1) is 11.3 Å². The van der Waals surface area contributed by atoms with Gasteiger partial charge in [-0.2, -0.15) is 0 Å². The number of aliphatic hydroxyl groups excluding tert-OH is 1. The van der Waals surface area contributed by atoms with Crippen LogP contribution in [0.2, 0.25) is 0 Å². The van der Waals surface area contributed by atoms with E-state index in [4.69, 9.17) is 0 Å². The highest BCUT2D eigenvalue weighted by Gasteiger charge is 2.14. The lowest BCUT2D eigenvalue weighted by Crippen LogP contribution is -2.32. The molecule has 1 rings (SSSR count). The van der Waals surface area contributed by atoms with E-state index in [9.17, 15) is 5.11 Å². The molecule has 0 aliphatic rings. The molecule has 0 aliphatic carbocycles. The molecule has 3 nitrogen and oxygen atoms in total. The van der Waals surface area contributed by atoms with Gasteiger partial charge in [-0.05, 0) is 5.92 Å². The van der Waals surface area contributed by atoms with Crippen molar-refractivity contribution in [2.24, 2.45) is 5.92 Å². The molecule has 1 atom stereocenters. The number of nitrogens with zero attached hydrogens (tertiary/aromatic N) is 1. The van der Waals surface area contributed by atoms with Crippen molar-refractivity contribution in [3.8, 4) is 0 Å². The van der Waals surface area contributed by atoms with Crippen molar-refractivity contribution in [1.82, 2.24) is 10.3 Å². The Hall–Kier alpha value is -0.450. The van der Waals surface area contributed by atoms with Gasteiger partial charge < -0.3 is 10.4 Å². The van der Waals surface area contributed by atoms with Crippen molar-refractivity contribution in [3.05, 3.63) is 16.6 Å². The topological polar surface area (TPSA) is 45.1 Å². The number of hydrogen-bond acceptors (Lipinski definition) is 4. The Morgan fingerprint density at radius 2 is 2.20 bits per heavy atom. The van der Waals surface area contributed by atoms with Crippen LogP contribution >= 0.6 is 11.3 Å². The average Bonchev–Trinajstić information content (AvgIpc) is 2.72. The van der Waals surface area contributed by atoms with E-state index in [0.29, 0.717) is 12.5 Å². The zero-order valence-electron chi connectivity index (χ0n) is 9.44. The summed E-state index contributed by atoms with van der Waals surface area (Å²) in [6, 6.07) is 0. The van der Waals surface area contributed by atoms with Crippen molar-refractivity contribution in [2.75, 3.05) is 6.54 Å². The number of aliphatic hydroxyl groups is 1. The molecule has 0 aliphatic heterocycles. The molecule has 1 aromatic rings. The van der Waals surface area contributed by atoms with Gasteiger partial charge in [0.25, 0.3) is 0 Å². The van der Waals surface area contributed by atoms with Gasteiger partial charge in [0, 0.05) is 24.2 Å². The third kappa shape index (κ3) is 4.28. The molecule has 0 fully saturated rings. The van der Waals surface area contributed by atoms with Crippen molar-refractivity contribution in [3.63, 3.8) is 0 Å². The Bertz CT molecular complexity index is 247. The summed E-state index contributed by atoms with van der Waals surface area (Å²) < 4.78 is 0. The number of aromatic nitrogens is 1. The molecule has 2 N–H and O–H groups in total. The fourth-order valence-corrected chi connectivity index (χ4v) is 2.24. The highest BCUT2D eigenvalue weighted by Crippen LogP contribution is 2.12. The van der Waals surface area contributed by atoms with Crippen molar-refractivity contribution in [2.45, 2.75) is 39.3 Å². The predicted molar refractivity (Wildman–Crippen MR) is 63.9 cm³/mol. The van der Waals surface area contributed by atoms with Gasteiger partial charge >= 0.3 is 0 Å². The van der Waals surface area contributed by atoms with Gasteiger partial charge in [0.15, 0.2) is 0 Å². The minimum atomic E-state index is -0.229. The van der Waals surface area contributed by atoms with Gasteiger partial charge in [-0.3, -0.25) is 4.98 Å². The molecule has 0 bridgehead atoms. The number of hydrogen-bond donors (Lipinski definition) is 2. The molecule has 86 valence electrons. The SMILES string of the molecule is CCC(CC)C(O)CNCc1cncs1. The summed E-state index contributed by atoms with van der Waals surface area (Å²) in [5.41, 5.74) is 1.83. The fraction of sp³-hybridized carbons (Fsp3) is 0.727. The predicted octanol–water partition coefficient (Wildman–Crippen LogP) is 2.03. The Morgan fingerprint density at radius 3 is 2.73 bits per heavy atom. The van der Waals surface area contributed by atoms with Crippen LogP contribution in [0.1, 0.15) is 31.6 Å². The highest BCUT2D eigenvalue weighted by atomic mass is 32.1. The lowest BCUT2D eigenvalue weighted by Gasteiger charge is -2.20. The van der Waals surface area contributed by atoms with Gasteiger partial charge in [0.2, 0.25) is 0 Å². The zero-order chi connectivity index (χ0) is 11.1. The fourth-order valence-electron chi connectivity index (χ4n) is 1.67. The van der Waals surface area contributed by atoms with Gasteiger partial charge in [0.05, 0.1) is 11.6 Å². The van der Waals surface area contributed by atoms with E-state index in [2.05, 4.69) is 24.1 Å². The first-order chi connectivity index (χ1) is 7.27. The Kier molecular flexibility index (Phi) is 5.83. The maximum atomic E-state index is 9.86. The van der Waals surface area contributed by atoms with E-state index in [1.54, 1.807) is 11.3 Å². The molecular weight excluding hydrogens is 208 g/mol. The second-order valence-electron chi connectivity index (χ2n) is 3.74. The summed E-state index contributed by atoms with van der Waals surface area (Å²) in [6.07, 6.45) is 3.72.